The van der Waals surface area contributed by atoms with E-state index in [1.807, 2.05) is 36.4 Å². The number of aliphatic hydroxyl groups excluding tert-OH is 1. The standard InChI is InChI=1S/C19H18N6O/c26-11-10-25-19-15(12-23-25)18(21-13-22-19)24-17(14-6-2-1-3-7-14)16-8-4-5-9-20-16/h1-9,12-13,17,26H,10-11H2,(H,21,22,24). The van der Waals surface area contributed by atoms with Crippen LogP contribution in [0.4, 0.5) is 5.82 Å². The van der Waals surface area contributed by atoms with Crippen molar-refractivity contribution in [2.24, 2.45) is 0 Å². The van der Waals surface area contributed by atoms with Crippen molar-refractivity contribution in [3.05, 3.63) is 78.5 Å². The molecule has 0 aliphatic carbocycles. The van der Waals surface area contributed by atoms with E-state index in [-0.39, 0.29) is 12.6 Å². The molecule has 3 aromatic heterocycles. The van der Waals surface area contributed by atoms with Crippen LogP contribution >= 0.6 is 0 Å². The Labute approximate surface area is 150 Å². The first kappa shape index (κ1) is 16.2. The molecule has 0 aliphatic rings. The fraction of sp³-hybridized carbons (Fsp3) is 0.158. The lowest BCUT2D eigenvalue weighted by molar-refractivity contribution is 0.271. The molecule has 0 fully saturated rings. The Hall–Kier alpha value is -3.32. The van der Waals surface area contributed by atoms with Crippen molar-refractivity contribution in [2.75, 3.05) is 11.9 Å². The molecule has 4 aromatic rings. The monoisotopic (exact) mass is 346 g/mol. The van der Waals surface area contributed by atoms with Gasteiger partial charge in [0.15, 0.2) is 5.65 Å². The minimum absolute atomic E-state index is 0.00409. The van der Waals surface area contributed by atoms with Crippen LogP contribution in [0.2, 0.25) is 0 Å². The highest BCUT2D eigenvalue weighted by atomic mass is 16.3. The molecule has 130 valence electrons. The van der Waals surface area contributed by atoms with Gasteiger partial charge >= 0.3 is 0 Å². The first-order valence-electron chi connectivity index (χ1n) is 8.36. The summed E-state index contributed by atoms with van der Waals surface area (Å²) in [5.41, 5.74) is 2.67. The summed E-state index contributed by atoms with van der Waals surface area (Å²) in [7, 11) is 0. The Bertz CT molecular complexity index is 947. The lowest BCUT2D eigenvalue weighted by Gasteiger charge is -2.19. The first-order valence-corrected chi connectivity index (χ1v) is 8.36. The van der Waals surface area contributed by atoms with Crippen LogP contribution in [0.25, 0.3) is 11.0 Å². The lowest BCUT2D eigenvalue weighted by atomic mass is 10.0. The maximum Gasteiger partial charge on any atom is 0.163 e. The molecule has 0 radical (unpaired) electrons. The second kappa shape index (κ2) is 7.28. The first-order chi connectivity index (χ1) is 12.9. The average molecular weight is 346 g/mol. The van der Waals surface area contributed by atoms with Gasteiger partial charge in [-0.25, -0.2) is 14.6 Å². The van der Waals surface area contributed by atoms with Gasteiger partial charge in [0, 0.05) is 6.20 Å². The van der Waals surface area contributed by atoms with Crippen LogP contribution < -0.4 is 5.32 Å². The zero-order valence-electron chi connectivity index (χ0n) is 14.0. The zero-order chi connectivity index (χ0) is 17.8. The maximum absolute atomic E-state index is 9.18. The van der Waals surface area contributed by atoms with E-state index in [1.54, 1.807) is 17.1 Å². The van der Waals surface area contributed by atoms with E-state index in [9.17, 15) is 5.11 Å². The van der Waals surface area contributed by atoms with Crippen LogP contribution in [0.3, 0.4) is 0 Å². The van der Waals surface area contributed by atoms with Crippen LogP contribution in [0.1, 0.15) is 17.3 Å². The highest BCUT2D eigenvalue weighted by Crippen LogP contribution is 2.27. The third-order valence-electron chi connectivity index (χ3n) is 4.14. The van der Waals surface area contributed by atoms with Crippen LogP contribution in [0, 0.1) is 0 Å². The Morgan fingerprint density at radius 1 is 1.00 bits per heavy atom. The molecule has 4 rings (SSSR count). The second-order valence-corrected chi connectivity index (χ2v) is 5.79. The van der Waals surface area contributed by atoms with Gasteiger partial charge in [0.05, 0.1) is 36.5 Å². The van der Waals surface area contributed by atoms with Gasteiger partial charge in [-0.2, -0.15) is 5.10 Å². The van der Waals surface area contributed by atoms with Crippen molar-refractivity contribution >= 4 is 16.9 Å². The normalized spacial score (nSPS) is 12.2. The van der Waals surface area contributed by atoms with Crippen molar-refractivity contribution in [2.45, 2.75) is 12.6 Å². The molecular weight excluding hydrogens is 328 g/mol. The van der Waals surface area contributed by atoms with Gasteiger partial charge in [-0.3, -0.25) is 4.98 Å². The molecule has 0 saturated carbocycles. The molecule has 0 amide bonds. The fourth-order valence-electron chi connectivity index (χ4n) is 2.92. The molecular formula is C19H18N6O. The summed E-state index contributed by atoms with van der Waals surface area (Å²) in [5.74, 6) is 0.679. The van der Waals surface area contributed by atoms with E-state index in [0.29, 0.717) is 18.0 Å². The fourth-order valence-corrected chi connectivity index (χ4v) is 2.92. The Balaban J connectivity index is 1.76. The summed E-state index contributed by atoms with van der Waals surface area (Å²) in [5, 5.41) is 17.8. The van der Waals surface area contributed by atoms with Crippen LogP contribution in [0.15, 0.2) is 67.3 Å². The minimum Gasteiger partial charge on any atom is -0.394 e. The number of hydrogen-bond donors (Lipinski definition) is 2. The molecule has 1 atom stereocenters. The minimum atomic E-state index is -0.156. The van der Waals surface area contributed by atoms with Crippen LogP contribution in [-0.2, 0) is 6.54 Å². The van der Waals surface area contributed by atoms with Crippen LogP contribution in [0.5, 0.6) is 0 Å². The molecule has 26 heavy (non-hydrogen) atoms. The predicted molar refractivity (Wildman–Crippen MR) is 98.6 cm³/mol. The number of aromatic nitrogens is 5. The molecule has 3 heterocycles. The van der Waals surface area contributed by atoms with Crippen molar-refractivity contribution in [1.82, 2.24) is 24.7 Å². The Morgan fingerprint density at radius 3 is 2.62 bits per heavy atom. The van der Waals surface area contributed by atoms with E-state index in [4.69, 9.17) is 0 Å². The zero-order valence-corrected chi connectivity index (χ0v) is 14.0. The van der Waals surface area contributed by atoms with E-state index >= 15 is 0 Å². The van der Waals surface area contributed by atoms with Gasteiger partial charge in [-0.1, -0.05) is 36.4 Å². The molecule has 2 N–H and O–H groups in total. The molecule has 0 saturated heterocycles. The van der Waals surface area contributed by atoms with Gasteiger partial charge in [0.25, 0.3) is 0 Å². The van der Waals surface area contributed by atoms with Crippen molar-refractivity contribution in [1.29, 1.82) is 0 Å². The van der Waals surface area contributed by atoms with Gasteiger partial charge in [0.2, 0.25) is 0 Å². The summed E-state index contributed by atoms with van der Waals surface area (Å²) in [4.78, 5) is 13.2. The van der Waals surface area contributed by atoms with E-state index in [2.05, 4.69) is 37.5 Å². The summed E-state index contributed by atoms with van der Waals surface area (Å²) < 4.78 is 1.67. The van der Waals surface area contributed by atoms with E-state index in [1.165, 1.54) is 6.33 Å². The number of rotatable bonds is 6. The Kier molecular flexibility index (Phi) is 4.53. The third kappa shape index (κ3) is 3.12. The SMILES string of the molecule is OCCn1ncc2c(NC(c3ccccc3)c3ccccn3)ncnc21. The number of anilines is 1. The Morgan fingerprint density at radius 2 is 1.85 bits per heavy atom. The summed E-state index contributed by atoms with van der Waals surface area (Å²) in [6, 6.07) is 15.8. The summed E-state index contributed by atoms with van der Waals surface area (Å²) in [6.45, 7) is 0.395. The van der Waals surface area contributed by atoms with E-state index < -0.39 is 0 Å². The van der Waals surface area contributed by atoms with Gasteiger partial charge < -0.3 is 10.4 Å². The number of pyridine rings is 1. The summed E-state index contributed by atoms with van der Waals surface area (Å²) >= 11 is 0. The molecule has 1 aromatic carbocycles. The largest absolute Gasteiger partial charge is 0.394 e. The number of aliphatic hydroxyl groups is 1. The van der Waals surface area contributed by atoms with Crippen molar-refractivity contribution < 1.29 is 5.11 Å². The number of fused-ring (bicyclic) bond motifs is 1. The van der Waals surface area contributed by atoms with Gasteiger partial charge in [-0.15, -0.1) is 0 Å². The number of nitrogens with one attached hydrogen (secondary N) is 1. The highest BCUT2D eigenvalue weighted by Gasteiger charge is 2.18. The predicted octanol–water partition coefficient (Wildman–Crippen LogP) is 2.42. The second-order valence-electron chi connectivity index (χ2n) is 5.79. The maximum atomic E-state index is 9.18. The average Bonchev–Trinajstić information content (AvgIpc) is 3.12. The lowest BCUT2D eigenvalue weighted by Crippen LogP contribution is -2.15. The third-order valence-corrected chi connectivity index (χ3v) is 4.14. The van der Waals surface area contributed by atoms with Gasteiger partial charge in [-0.05, 0) is 17.7 Å². The number of nitrogens with zero attached hydrogens (tertiary/aromatic N) is 5. The quantitative estimate of drug-likeness (QED) is 0.557. The number of benzene rings is 1. The van der Waals surface area contributed by atoms with Crippen LogP contribution in [-0.4, -0.2) is 36.4 Å². The van der Waals surface area contributed by atoms with Gasteiger partial charge in [0.1, 0.15) is 12.1 Å². The van der Waals surface area contributed by atoms with Crippen molar-refractivity contribution in [3.63, 3.8) is 0 Å². The molecule has 7 heteroatoms. The molecule has 0 aliphatic heterocycles. The molecule has 0 bridgehead atoms. The molecule has 0 spiro atoms. The molecule has 1 unspecified atom stereocenters. The number of hydrogen-bond acceptors (Lipinski definition) is 6. The topological polar surface area (TPSA) is 88.8 Å². The summed E-state index contributed by atoms with van der Waals surface area (Å²) in [6.07, 6.45) is 5.00. The van der Waals surface area contributed by atoms with Crippen molar-refractivity contribution in [3.8, 4) is 0 Å². The highest BCUT2D eigenvalue weighted by molar-refractivity contribution is 5.86. The molecule has 7 nitrogen and oxygen atoms in total. The smallest absolute Gasteiger partial charge is 0.163 e. The van der Waals surface area contributed by atoms with E-state index in [0.717, 1.165) is 16.6 Å².